The molecule has 2 aromatic rings. The van der Waals surface area contributed by atoms with Crippen molar-refractivity contribution in [3.05, 3.63) is 45.9 Å². The first-order chi connectivity index (χ1) is 9.00. The first kappa shape index (κ1) is 14.1. The van der Waals surface area contributed by atoms with Gasteiger partial charge in [0.05, 0.1) is 11.6 Å². The number of thiazole rings is 1. The zero-order chi connectivity index (χ0) is 13.9. The Morgan fingerprint density at radius 2 is 1.95 bits per heavy atom. The average Bonchev–Trinajstić information content (AvgIpc) is 2.83. The molecule has 1 N–H and O–H groups in total. The second-order valence-electron chi connectivity index (χ2n) is 5.72. The van der Waals surface area contributed by atoms with E-state index in [0.29, 0.717) is 0 Å². The zero-order valence-corrected chi connectivity index (χ0v) is 13.0. The SMILES string of the molecule is CCc1ncc(CNc2ccccc2C(C)(C)C)s1. The van der Waals surface area contributed by atoms with E-state index in [1.807, 2.05) is 6.20 Å². The summed E-state index contributed by atoms with van der Waals surface area (Å²) in [5.74, 6) is 0. The van der Waals surface area contributed by atoms with Crippen molar-refractivity contribution in [3.8, 4) is 0 Å². The highest BCUT2D eigenvalue weighted by atomic mass is 32.1. The minimum absolute atomic E-state index is 0.159. The fraction of sp³-hybridized carbons (Fsp3) is 0.438. The van der Waals surface area contributed by atoms with E-state index in [2.05, 4.69) is 62.3 Å². The molecule has 0 saturated heterocycles. The van der Waals surface area contributed by atoms with Gasteiger partial charge in [-0.15, -0.1) is 11.3 Å². The highest BCUT2D eigenvalue weighted by molar-refractivity contribution is 7.11. The molecule has 0 amide bonds. The van der Waals surface area contributed by atoms with Crippen molar-refractivity contribution in [1.29, 1.82) is 0 Å². The molecular formula is C16H22N2S. The van der Waals surface area contributed by atoms with Gasteiger partial charge in [0.25, 0.3) is 0 Å². The summed E-state index contributed by atoms with van der Waals surface area (Å²) >= 11 is 1.79. The normalized spacial score (nSPS) is 11.6. The van der Waals surface area contributed by atoms with Crippen molar-refractivity contribution in [1.82, 2.24) is 4.98 Å². The number of para-hydroxylation sites is 1. The number of nitrogens with one attached hydrogen (secondary N) is 1. The Kier molecular flexibility index (Phi) is 4.25. The molecule has 1 aromatic heterocycles. The Morgan fingerprint density at radius 3 is 2.58 bits per heavy atom. The summed E-state index contributed by atoms with van der Waals surface area (Å²) in [6, 6.07) is 8.55. The number of anilines is 1. The van der Waals surface area contributed by atoms with Crippen LogP contribution in [0.1, 0.15) is 43.1 Å². The van der Waals surface area contributed by atoms with Crippen LogP contribution < -0.4 is 5.32 Å². The summed E-state index contributed by atoms with van der Waals surface area (Å²) in [5.41, 5.74) is 2.74. The van der Waals surface area contributed by atoms with Crippen LogP contribution in [0, 0.1) is 0 Å². The number of nitrogens with zero attached hydrogens (tertiary/aromatic N) is 1. The monoisotopic (exact) mass is 274 g/mol. The Bertz CT molecular complexity index is 538. The van der Waals surface area contributed by atoms with Crippen LogP contribution in [0.4, 0.5) is 5.69 Å². The third-order valence-electron chi connectivity index (χ3n) is 3.09. The van der Waals surface area contributed by atoms with E-state index >= 15 is 0 Å². The van der Waals surface area contributed by atoms with Crippen LogP contribution in [0.5, 0.6) is 0 Å². The van der Waals surface area contributed by atoms with Gasteiger partial charge in [0.15, 0.2) is 0 Å². The lowest BCUT2D eigenvalue weighted by atomic mass is 9.86. The molecule has 0 atom stereocenters. The summed E-state index contributed by atoms with van der Waals surface area (Å²) in [6.07, 6.45) is 3.00. The van der Waals surface area contributed by atoms with Gasteiger partial charge in [0, 0.05) is 16.8 Å². The lowest BCUT2D eigenvalue weighted by molar-refractivity contribution is 0.591. The van der Waals surface area contributed by atoms with Crippen molar-refractivity contribution in [3.63, 3.8) is 0 Å². The summed E-state index contributed by atoms with van der Waals surface area (Å²) in [4.78, 5) is 5.69. The predicted molar refractivity (Wildman–Crippen MR) is 84.0 cm³/mol. The van der Waals surface area contributed by atoms with E-state index in [0.717, 1.165) is 13.0 Å². The molecule has 2 rings (SSSR count). The van der Waals surface area contributed by atoms with Crippen LogP contribution in [-0.2, 0) is 18.4 Å². The van der Waals surface area contributed by atoms with E-state index in [-0.39, 0.29) is 5.41 Å². The fourth-order valence-corrected chi connectivity index (χ4v) is 2.87. The molecule has 0 fully saturated rings. The summed E-state index contributed by atoms with van der Waals surface area (Å²) in [6.45, 7) is 9.73. The topological polar surface area (TPSA) is 24.9 Å². The first-order valence-corrected chi connectivity index (χ1v) is 7.59. The molecule has 0 bridgehead atoms. The lowest BCUT2D eigenvalue weighted by Crippen LogP contribution is -2.14. The second-order valence-corrected chi connectivity index (χ2v) is 6.92. The first-order valence-electron chi connectivity index (χ1n) is 6.77. The molecule has 19 heavy (non-hydrogen) atoms. The highest BCUT2D eigenvalue weighted by Crippen LogP contribution is 2.29. The van der Waals surface area contributed by atoms with Gasteiger partial charge in [0.1, 0.15) is 0 Å². The van der Waals surface area contributed by atoms with Gasteiger partial charge in [0.2, 0.25) is 0 Å². The smallest absolute Gasteiger partial charge is 0.0925 e. The van der Waals surface area contributed by atoms with Crippen molar-refractivity contribution < 1.29 is 0 Å². The quantitative estimate of drug-likeness (QED) is 0.880. The molecule has 1 heterocycles. The summed E-state index contributed by atoms with van der Waals surface area (Å²) in [5, 5.41) is 4.75. The summed E-state index contributed by atoms with van der Waals surface area (Å²) in [7, 11) is 0. The Labute approximate surface area is 119 Å². The minimum atomic E-state index is 0.159. The molecule has 1 aromatic carbocycles. The van der Waals surface area contributed by atoms with Crippen molar-refractivity contribution in [2.24, 2.45) is 0 Å². The van der Waals surface area contributed by atoms with Gasteiger partial charge in [-0.2, -0.15) is 0 Å². The van der Waals surface area contributed by atoms with Gasteiger partial charge >= 0.3 is 0 Å². The molecule has 0 aliphatic rings. The Morgan fingerprint density at radius 1 is 1.21 bits per heavy atom. The molecule has 0 aliphatic carbocycles. The van der Waals surface area contributed by atoms with E-state index in [4.69, 9.17) is 0 Å². The van der Waals surface area contributed by atoms with Crippen LogP contribution in [0.25, 0.3) is 0 Å². The Hall–Kier alpha value is -1.35. The van der Waals surface area contributed by atoms with E-state index in [1.165, 1.54) is 21.1 Å². The number of hydrogen-bond donors (Lipinski definition) is 1. The number of benzene rings is 1. The molecule has 0 saturated carbocycles. The third kappa shape index (κ3) is 3.57. The fourth-order valence-electron chi connectivity index (χ4n) is 2.07. The maximum Gasteiger partial charge on any atom is 0.0925 e. The van der Waals surface area contributed by atoms with Crippen LogP contribution in [-0.4, -0.2) is 4.98 Å². The minimum Gasteiger partial charge on any atom is -0.380 e. The molecule has 2 nitrogen and oxygen atoms in total. The predicted octanol–water partition coefficient (Wildman–Crippen LogP) is 4.62. The molecule has 0 spiro atoms. The van der Waals surface area contributed by atoms with E-state index in [1.54, 1.807) is 11.3 Å². The lowest BCUT2D eigenvalue weighted by Gasteiger charge is -2.23. The second kappa shape index (κ2) is 5.74. The molecule has 0 aliphatic heterocycles. The number of rotatable bonds is 4. The largest absolute Gasteiger partial charge is 0.380 e. The van der Waals surface area contributed by atoms with Crippen molar-refractivity contribution >= 4 is 17.0 Å². The third-order valence-corrected chi connectivity index (χ3v) is 4.23. The number of aromatic nitrogens is 1. The maximum atomic E-state index is 4.40. The standard InChI is InChI=1S/C16H22N2S/c1-5-15-18-11-12(19-15)10-17-14-9-7-6-8-13(14)16(2,3)4/h6-9,11,17H,5,10H2,1-4H3. The Balaban J connectivity index is 2.11. The van der Waals surface area contributed by atoms with Crippen molar-refractivity contribution in [2.45, 2.75) is 46.1 Å². The van der Waals surface area contributed by atoms with E-state index < -0.39 is 0 Å². The van der Waals surface area contributed by atoms with E-state index in [9.17, 15) is 0 Å². The molecule has 0 radical (unpaired) electrons. The van der Waals surface area contributed by atoms with Crippen LogP contribution >= 0.6 is 11.3 Å². The van der Waals surface area contributed by atoms with Gasteiger partial charge in [-0.05, 0) is 23.5 Å². The zero-order valence-electron chi connectivity index (χ0n) is 12.2. The van der Waals surface area contributed by atoms with Crippen LogP contribution in [0.15, 0.2) is 30.5 Å². The molecule has 102 valence electrons. The molecule has 0 unspecified atom stereocenters. The molecule has 3 heteroatoms. The molecular weight excluding hydrogens is 252 g/mol. The van der Waals surface area contributed by atoms with Gasteiger partial charge in [-0.1, -0.05) is 45.9 Å². The van der Waals surface area contributed by atoms with Crippen LogP contribution in [0.3, 0.4) is 0 Å². The van der Waals surface area contributed by atoms with Crippen molar-refractivity contribution in [2.75, 3.05) is 5.32 Å². The number of aryl methyl sites for hydroxylation is 1. The average molecular weight is 274 g/mol. The van der Waals surface area contributed by atoms with Crippen LogP contribution in [0.2, 0.25) is 0 Å². The highest BCUT2D eigenvalue weighted by Gasteiger charge is 2.17. The summed E-state index contributed by atoms with van der Waals surface area (Å²) < 4.78 is 0. The van der Waals surface area contributed by atoms with Gasteiger partial charge in [-0.3, -0.25) is 0 Å². The number of hydrogen-bond acceptors (Lipinski definition) is 3. The van der Waals surface area contributed by atoms with Gasteiger partial charge in [-0.25, -0.2) is 4.98 Å². The van der Waals surface area contributed by atoms with Gasteiger partial charge < -0.3 is 5.32 Å². The maximum absolute atomic E-state index is 4.40.